The summed E-state index contributed by atoms with van der Waals surface area (Å²) in [6, 6.07) is 20.6. The highest BCUT2D eigenvalue weighted by Crippen LogP contribution is 2.45. The molecule has 9 heteroatoms. The van der Waals surface area contributed by atoms with Crippen LogP contribution in [-0.4, -0.2) is 35.5 Å². The number of hydrogen-bond acceptors (Lipinski definition) is 8. The zero-order chi connectivity index (χ0) is 27.8. The second-order valence-corrected chi connectivity index (χ2v) is 10.4. The van der Waals surface area contributed by atoms with Crippen LogP contribution < -0.4 is 14.4 Å². The number of anilines is 1. The third-order valence-corrected chi connectivity index (χ3v) is 7.87. The molecule has 0 fully saturated rings. The molecule has 3 aromatic carbocycles. The first kappa shape index (κ1) is 25.6. The minimum absolute atomic E-state index is 0.0379. The molecule has 2 aromatic heterocycles. The summed E-state index contributed by atoms with van der Waals surface area (Å²) in [5.41, 5.74) is 1.76. The highest BCUT2D eigenvalue weighted by molar-refractivity contribution is 7.22. The van der Waals surface area contributed by atoms with E-state index in [1.807, 2.05) is 24.3 Å². The molecule has 1 N–H and O–H groups in total. The van der Waals surface area contributed by atoms with Crippen molar-refractivity contribution in [2.45, 2.75) is 25.8 Å². The smallest absolute Gasteiger partial charge is 0.296 e. The number of aliphatic hydroxyl groups is 1. The summed E-state index contributed by atoms with van der Waals surface area (Å²) in [4.78, 5) is 33.5. The molecule has 1 aliphatic rings. The molecule has 1 aliphatic heterocycles. The Labute approximate surface area is 234 Å². The minimum atomic E-state index is -0.930. The van der Waals surface area contributed by atoms with Crippen molar-refractivity contribution in [3.63, 3.8) is 0 Å². The van der Waals surface area contributed by atoms with Gasteiger partial charge in [0.25, 0.3) is 5.91 Å². The fraction of sp³-hybridized carbons (Fsp3) is 0.194. The van der Waals surface area contributed by atoms with Gasteiger partial charge < -0.3 is 19.0 Å². The van der Waals surface area contributed by atoms with E-state index in [-0.39, 0.29) is 11.3 Å². The molecule has 40 heavy (non-hydrogen) atoms. The molecular formula is C31H26N2O6S. The van der Waals surface area contributed by atoms with Crippen LogP contribution in [0.4, 0.5) is 5.13 Å². The van der Waals surface area contributed by atoms with Crippen molar-refractivity contribution in [2.24, 2.45) is 0 Å². The van der Waals surface area contributed by atoms with Gasteiger partial charge in [-0.3, -0.25) is 14.5 Å². The average Bonchev–Trinajstić information content (AvgIpc) is 3.67. The number of fused-ring (bicyclic) bond motifs is 2. The average molecular weight is 555 g/mol. The SMILES string of the molecule is CCCCOc1ccc(C2C(C(=O)c3cc4ccccc4o3)=C(O)C(=O)N2c2nc3ccc(OC)cc3s2)cc1. The Bertz CT molecular complexity index is 1730. The third kappa shape index (κ3) is 4.48. The number of unbranched alkanes of at least 4 members (excludes halogenated alkanes) is 1. The molecule has 0 spiro atoms. The molecule has 0 radical (unpaired) electrons. The van der Waals surface area contributed by atoms with Crippen LogP contribution in [0, 0.1) is 0 Å². The van der Waals surface area contributed by atoms with Crippen molar-refractivity contribution in [1.82, 2.24) is 4.98 Å². The van der Waals surface area contributed by atoms with E-state index >= 15 is 0 Å². The predicted octanol–water partition coefficient (Wildman–Crippen LogP) is 7.01. The van der Waals surface area contributed by atoms with E-state index in [9.17, 15) is 14.7 Å². The lowest BCUT2D eigenvalue weighted by Crippen LogP contribution is -2.30. The number of ketones is 1. The van der Waals surface area contributed by atoms with Crippen LogP contribution in [0.2, 0.25) is 0 Å². The Morgan fingerprint density at radius 3 is 2.60 bits per heavy atom. The number of hydrogen-bond donors (Lipinski definition) is 1. The van der Waals surface area contributed by atoms with Gasteiger partial charge in [0.05, 0.1) is 35.5 Å². The second kappa shape index (κ2) is 10.5. The van der Waals surface area contributed by atoms with Crippen molar-refractivity contribution in [3.8, 4) is 11.5 Å². The first-order chi connectivity index (χ1) is 19.5. The number of ether oxygens (including phenoxy) is 2. The van der Waals surface area contributed by atoms with E-state index in [4.69, 9.17) is 13.9 Å². The van der Waals surface area contributed by atoms with E-state index in [1.165, 1.54) is 16.2 Å². The molecule has 1 atom stereocenters. The summed E-state index contributed by atoms with van der Waals surface area (Å²) in [5, 5.41) is 12.2. The lowest BCUT2D eigenvalue weighted by molar-refractivity contribution is -0.117. The first-order valence-electron chi connectivity index (χ1n) is 13.0. The van der Waals surface area contributed by atoms with Crippen LogP contribution >= 0.6 is 11.3 Å². The van der Waals surface area contributed by atoms with Gasteiger partial charge in [0.15, 0.2) is 16.7 Å². The quantitative estimate of drug-likeness (QED) is 0.154. The summed E-state index contributed by atoms with van der Waals surface area (Å²) in [6.45, 7) is 2.69. The maximum absolute atomic E-state index is 13.9. The Morgan fingerprint density at radius 1 is 1.07 bits per heavy atom. The van der Waals surface area contributed by atoms with Gasteiger partial charge in [-0.15, -0.1) is 0 Å². The molecule has 0 bridgehead atoms. The van der Waals surface area contributed by atoms with Crippen LogP contribution in [0.25, 0.3) is 21.2 Å². The van der Waals surface area contributed by atoms with Crippen molar-refractivity contribution in [2.75, 3.05) is 18.6 Å². The Balaban J connectivity index is 1.44. The van der Waals surface area contributed by atoms with Crippen LogP contribution in [-0.2, 0) is 4.79 Å². The molecule has 8 nitrogen and oxygen atoms in total. The van der Waals surface area contributed by atoms with Gasteiger partial charge in [-0.05, 0) is 54.4 Å². The molecule has 0 saturated carbocycles. The summed E-state index contributed by atoms with van der Waals surface area (Å²) in [6.07, 6.45) is 1.95. The molecule has 1 amide bonds. The molecule has 0 saturated heterocycles. The number of aliphatic hydroxyl groups excluding tert-OH is 1. The number of methoxy groups -OCH3 is 1. The van der Waals surface area contributed by atoms with Gasteiger partial charge in [-0.2, -0.15) is 0 Å². The number of Topliss-reactive ketones (excluding diaryl/α,β-unsaturated/α-hetero) is 1. The zero-order valence-corrected chi connectivity index (χ0v) is 22.7. The largest absolute Gasteiger partial charge is 0.503 e. The van der Waals surface area contributed by atoms with Crippen molar-refractivity contribution >= 4 is 49.3 Å². The van der Waals surface area contributed by atoms with Gasteiger partial charge in [0.1, 0.15) is 17.1 Å². The van der Waals surface area contributed by atoms with Gasteiger partial charge in [-0.25, -0.2) is 4.98 Å². The number of nitrogens with zero attached hydrogens (tertiary/aromatic N) is 2. The summed E-state index contributed by atoms with van der Waals surface area (Å²) in [5.74, 6) is -0.531. The van der Waals surface area contributed by atoms with Crippen molar-refractivity contribution in [1.29, 1.82) is 0 Å². The number of benzene rings is 3. The topological polar surface area (TPSA) is 102 Å². The Hall–Kier alpha value is -4.63. The molecule has 6 rings (SSSR count). The fourth-order valence-corrected chi connectivity index (χ4v) is 5.80. The lowest BCUT2D eigenvalue weighted by atomic mass is 9.95. The van der Waals surface area contributed by atoms with Crippen LogP contribution in [0.15, 0.2) is 88.5 Å². The molecule has 3 heterocycles. The highest BCUT2D eigenvalue weighted by Gasteiger charge is 2.46. The maximum atomic E-state index is 13.9. The second-order valence-electron chi connectivity index (χ2n) is 9.42. The number of furan rings is 1. The summed E-state index contributed by atoms with van der Waals surface area (Å²) >= 11 is 1.28. The van der Waals surface area contributed by atoms with Crippen LogP contribution in [0.5, 0.6) is 11.5 Å². The Morgan fingerprint density at radius 2 is 1.85 bits per heavy atom. The van der Waals surface area contributed by atoms with E-state index in [2.05, 4.69) is 11.9 Å². The zero-order valence-electron chi connectivity index (χ0n) is 21.9. The van der Waals surface area contributed by atoms with Crippen molar-refractivity contribution in [3.05, 3.63) is 95.5 Å². The number of amides is 1. The van der Waals surface area contributed by atoms with E-state index in [0.717, 1.165) is 22.9 Å². The lowest BCUT2D eigenvalue weighted by Gasteiger charge is -2.24. The van der Waals surface area contributed by atoms with Crippen LogP contribution in [0.3, 0.4) is 0 Å². The standard InChI is InChI=1S/C31H26N2O6S/c1-3-4-15-38-20-11-9-18(10-12-20)27-26(28(34)24-16-19-7-5-6-8-23(19)39-24)29(35)30(36)33(27)31-32-22-14-13-21(37-2)17-25(22)40-31/h5-14,16-17,27,35H,3-4,15H2,1-2H3. The van der Waals surface area contributed by atoms with E-state index in [0.29, 0.717) is 39.9 Å². The van der Waals surface area contributed by atoms with Crippen molar-refractivity contribution < 1.29 is 28.6 Å². The third-order valence-electron chi connectivity index (χ3n) is 6.85. The molecular weight excluding hydrogens is 528 g/mol. The number of para-hydroxylation sites is 1. The van der Waals surface area contributed by atoms with Gasteiger partial charge in [0.2, 0.25) is 5.78 Å². The van der Waals surface area contributed by atoms with Crippen LogP contribution in [0.1, 0.15) is 41.9 Å². The van der Waals surface area contributed by atoms with Gasteiger partial charge >= 0.3 is 0 Å². The summed E-state index contributed by atoms with van der Waals surface area (Å²) in [7, 11) is 1.58. The van der Waals surface area contributed by atoms with E-state index < -0.39 is 23.5 Å². The number of carbonyl (C=O) groups excluding carboxylic acids is 2. The number of thiazole rings is 1. The first-order valence-corrected chi connectivity index (χ1v) is 13.8. The molecule has 1 unspecified atom stereocenters. The number of carbonyl (C=O) groups is 2. The Kier molecular flexibility index (Phi) is 6.73. The highest BCUT2D eigenvalue weighted by atomic mass is 32.1. The minimum Gasteiger partial charge on any atom is -0.503 e. The predicted molar refractivity (Wildman–Crippen MR) is 153 cm³/mol. The normalized spacial score (nSPS) is 15.4. The number of rotatable bonds is 9. The van der Waals surface area contributed by atoms with Gasteiger partial charge in [-0.1, -0.05) is 55.0 Å². The maximum Gasteiger partial charge on any atom is 0.296 e. The monoisotopic (exact) mass is 554 g/mol. The molecule has 0 aliphatic carbocycles. The van der Waals surface area contributed by atoms with Gasteiger partial charge in [0, 0.05) is 5.39 Å². The molecule has 5 aromatic rings. The van der Waals surface area contributed by atoms with E-state index in [1.54, 1.807) is 55.6 Å². The molecule has 202 valence electrons. The fourth-order valence-electron chi connectivity index (χ4n) is 4.78. The number of aromatic nitrogens is 1. The summed E-state index contributed by atoms with van der Waals surface area (Å²) < 4.78 is 17.8.